The van der Waals surface area contributed by atoms with Gasteiger partial charge in [-0.25, -0.2) is 4.79 Å². The van der Waals surface area contributed by atoms with E-state index in [1.807, 2.05) is 0 Å². The van der Waals surface area contributed by atoms with Crippen LogP contribution in [0.4, 0.5) is 0 Å². The third kappa shape index (κ3) is 2.67. The number of aromatic hydroxyl groups is 1. The number of rotatable bonds is 5. The molecule has 0 amide bonds. The van der Waals surface area contributed by atoms with Gasteiger partial charge < -0.3 is 28.5 Å². The predicted octanol–water partition coefficient (Wildman–Crippen LogP) is 3.20. The molecule has 0 bridgehead atoms. The van der Waals surface area contributed by atoms with Crippen LogP contribution >= 0.6 is 0 Å². The van der Waals surface area contributed by atoms with Gasteiger partial charge in [0.25, 0.3) is 0 Å². The van der Waals surface area contributed by atoms with Gasteiger partial charge in [-0.05, 0) is 17.7 Å². The number of benzene rings is 2. The van der Waals surface area contributed by atoms with Crippen molar-refractivity contribution in [1.82, 2.24) is 0 Å². The van der Waals surface area contributed by atoms with Gasteiger partial charge in [0, 0.05) is 11.6 Å². The van der Waals surface area contributed by atoms with Gasteiger partial charge in [0.1, 0.15) is 5.75 Å². The summed E-state index contributed by atoms with van der Waals surface area (Å²) in [5, 5.41) is 10.9. The Kier molecular flexibility index (Phi) is 4.62. The van der Waals surface area contributed by atoms with Crippen LogP contribution in [0.25, 0.3) is 22.1 Å². The number of phenols is 1. The van der Waals surface area contributed by atoms with Crippen LogP contribution in [-0.4, -0.2) is 33.5 Å². The standard InChI is InChI=1S/C19H18O7/c1-22-11-7-5-10(6-8-11)12-9-13(20)26-17-14(12)16(23-2)15(21)18(24-3)19(17)25-4/h5-9,21H,1-4H3. The normalized spacial score (nSPS) is 10.6. The Morgan fingerprint density at radius 2 is 1.46 bits per heavy atom. The van der Waals surface area contributed by atoms with Crippen LogP contribution in [0.5, 0.6) is 28.7 Å². The van der Waals surface area contributed by atoms with Crippen molar-refractivity contribution in [3.8, 4) is 39.9 Å². The molecule has 0 radical (unpaired) electrons. The maximum atomic E-state index is 12.2. The van der Waals surface area contributed by atoms with Gasteiger partial charge in [-0.2, -0.15) is 0 Å². The molecule has 0 aliphatic heterocycles. The second-order valence-corrected chi connectivity index (χ2v) is 5.36. The topological polar surface area (TPSA) is 87.4 Å². The largest absolute Gasteiger partial charge is 0.502 e. The van der Waals surface area contributed by atoms with Gasteiger partial charge in [0.05, 0.1) is 33.8 Å². The summed E-state index contributed by atoms with van der Waals surface area (Å²) in [6.07, 6.45) is 0. The van der Waals surface area contributed by atoms with E-state index in [1.165, 1.54) is 27.4 Å². The summed E-state index contributed by atoms with van der Waals surface area (Å²) in [4.78, 5) is 12.2. The Hall–Kier alpha value is -3.35. The van der Waals surface area contributed by atoms with Crippen molar-refractivity contribution >= 4 is 11.0 Å². The number of ether oxygens (including phenoxy) is 4. The first-order valence-corrected chi connectivity index (χ1v) is 7.68. The van der Waals surface area contributed by atoms with Crippen molar-refractivity contribution in [2.75, 3.05) is 28.4 Å². The van der Waals surface area contributed by atoms with Crippen molar-refractivity contribution in [3.05, 3.63) is 40.8 Å². The minimum atomic E-state index is -0.573. The molecule has 26 heavy (non-hydrogen) atoms. The Morgan fingerprint density at radius 1 is 0.846 bits per heavy atom. The third-order valence-corrected chi connectivity index (χ3v) is 4.04. The molecule has 0 fully saturated rings. The molecule has 7 heteroatoms. The molecule has 0 spiro atoms. The van der Waals surface area contributed by atoms with Gasteiger partial charge in [-0.15, -0.1) is 0 Å². The molecule has 0 atom stereocenters. The van der Waals surface area contributed by atoms with E-state index < -0.39 is 5.63 Å². The zero-order valence-corrected chi connectivity index (χ0v) is 14.8. The molecule has 0 saturated heterocycles. The molecule has 3 aromatic rings. The van der Waals surface area contributed by atoms with Gasteiger partial charge in [-0.1, -0.05) is 12.1 Å². The van der Waals surface area contributed by atoms with E-state index in [-0.39, 0.29) is 28.6 Å². The average molecular weight is 358 g/mol. The molecule has 1 N–H and O–H groups in total. The van der Waals surface area contributed by atoms with Crippen LogP contribution in [0, 0.1) is 0 Å². The molecule has 0 saturated carbocycles. The molecule has 136 valence electrons. The number of hydrogen-bond donors (Lipinski definition) is 1. The Balaban J connectivity index is 2.47. The highest BCUT2D eigenvalue weighted by molar-refractivity contribution is 6.04. The van der Waals surface area contributed by atoms with Gasteiger partial charge in [0.15, 0.2) is 11.3 Å². The quantitative estimate of drug-likeness (QED) is 0.701. The minimum Gasteiger partial charge on any atom is -0.502 e. The molecular formula is C19H18O7. The number of hydrogen-bond acceptors (Lipinski definition) is 7. The first kappa shape index (κ1) is 17.5. The third-order valence-electron chi connectivity index (χ3n) is 4.04. The lowest BCUT2D eigenvalue weighted by Gasteiger charge is -2.17. The molecule has 0 unspecified atom stereocenters. The molecule has 3 rings (SSSR count). The maximum absolute atomic E-state index is 12.2. The first-order valence-electron chi connectivity index (χ1n) is 7.68. The van der Waals surface area contributed by atoms with E-state index in [0.29, 0.717) is 22.3 Å². The Labute approximate surface area is 149 Å². The molecule has 0 aliphatic carbocycles. The zero-order chi connectivity index (χ0) is 18.8. The molecule has 1 aromatic heterocycles. The van der Waals surface area contributed by atoms with E-state index in [2.05, 4.69) is 0 Å². The van der Waals surface area contributed by atoms with Crippen LogP contribution in [0.2, 0.25) is 0 Å². The Bertz CT molecular complexity index is 1000. The van der Waals surface area contributed by atoms with Gasteiger partial charge in [-0.3, -0.25) is 0 Å². The lowest BCUT2D eigenvalue weighted by Crippen LogP contribution is -2.03. The molecule has 2 aromatic carbocycles. The van der Waals surface area contributed by atoms with Crippen LogP contribution in [0.3, 0.4) is 0 Å². The lowest BCUT2D eigenvalue weighted by atomic mass is 10.00. The zero-order valence-electron chi connectivity index (χ0n) is 14.8. The van der Waals surface area contributed by atoms with Crippen LogP contribution < -0.4 is 24.6 Å². The van der Waals surface area contributed by atoms with Crippen molar-refractivity contribution in [2.24, 2.45) is 0 Å². The van der Waals surface area contributed by atoms with Gasteiger partial charge in [0.2, 0.25) is 17.2 Å². The number of phenolic OH excluding ortho intramolecular Hbond substituents is 1. The summed E-state index contributed by atoms with van der Waals surface area (Å²) in [6, 6.07) is 8.45. The number of methoxy groups -OCH3 is 4. The fourth-order valence-corrected chi connectivity index (χ4v) is 2.88. The van der Waals surface area contributed by atoms with Gasteiger partial charge >= 0.3 is 5.63 Å². The van der Waals surface area contributed by atoms with Crippen molar-refractivity contribution in [3.63, 3.8) is 0 Å². The van der Waals surface area contributed by atoms with E-state index in [0.717, 1.165) is 0 Å². The second kappa shape index (κ2) is 6.87. The van der Waals surface area contributed by atoms with Crippen molar-refractivity contribution in [1.29, 1.82) is 0 Å². The highest BCUT2D eigenvalue weighted by Gasteiger charge is 2.26. The van der Waals surface area contributed by atoms with Crippen LogP contribution in [-0.2, 0) is 0 Å². The van der Waals surface area contributed by atoms with Crippen molar-refractivity contribution < 1.29 is 28.5 Å². The monoisotopic (exact) mass is 358 g/mol. The minimum absolute atomic E-state index is 0.0203. The highest BCUT2D eigenvalue weighted by Crippen LogP contribution is 2.52. The summed E-state index contributed by atoms with van der Waals surface area (Å²) in [6.45, 7) is 0. The molecule has 7 nitrogen and oxygen atoms in total. The second-order valence-electron chi connectivity index (χ2n) is 5.36. The first-order chi connectivity index (χ1) is 12.5. The highest BCUT2D eigenvalue weighted by atomic mass is 16.5. The SMILES string of the molecule is COc1ccc(-c2cc(=O)oc3c(OC)c(OC)c(O)c(OC)c23)cc1. The Morgan fingerprint density at radius 3 is 2.00 bits per heavy atom. The maximum Gasteiger partial charge on any atom is 0.336 e. The smallest absolute Gasteiger partial charge is 0.336 e. The lowest BCUT2D eigenvalue weighted by molar-refractivity contribution is 0.316. The molecule has 0 aliphatic rings. The average Bonchev–Trinajstić information content (AvgIpc) is 2.66. The predicted molar refractivity (Wildman–Crippen MR) is 95.8 cm³/mol. The fraction of sp³-hybridized carbons (Fsp3) is 0.211. The summed E-state index contributed by atoms with van der Waals surface area (Å²) >= 11 is 0. The van der Waals surface area contributed by atoms with Crippen molar-refractivity contribution in [2.45, 2.75) is 0 Å². The number of fused-ring (bicyclic) bond motifs is 1. The fourth-order valence-electron chi connectivity index (χ4n) is 2.88. The molecular weight excluding hydrogens is 340 g/mol. The van der Waals surface area contributed by atoms with E-state index in [4.69, 9.17) is 23.4 Å². The van der Waals surface area contributed by atoms with E-state index in [9.17, 15) is 9.90 Å². The van der Waals surface area contributed by atoms with Crippen LogP contribution in [0.15, 0.2) is 39.5 Å². The van der Waals surface area contributed by atoms with E-state index in [1.54, 1.807) is 31.4 Å². The summed E-state index contributed by atoms with van der Waals surface area (Å²) in [5.41, 5.74) is 0.786. The van der Waals surface area contributed by atoms with Crippen LogP contribution in [0.1, 0.15) is 0 Å². The summed E-state index contributed by atoms with van der Waals surface area (Å²) in [5.74, 6) is 0.672. The summed E-state index contributed by atoms with van der Waals surface area (Å²) < 4.78 is 26.4. The molecule has 1 heterocycles. The summed E-state index contributed by atoms with van der Waals surface area (Å²) in [7, 11) is 5.74. The van der Waals surface area contributed by atoms with E-state index >= 15 is 0 Å².